The highest BCUT2D eigenvalue weighted by atomic mass is 16.5. The van der Waals surface area contributed by atoms with Crippen LogP contribution in [0.1, 0.15) is 33.4 Å². The lowest BCUT2D eigenvalue weighted by Crippen LogP contribution is -2.53. The Labute approximate surface area is 239 Å². The van der Waals surface area contributed by atoms with Crippen LogP contribution in [0.4, 0.5) is 11.5 Å². The van der Waals surface area contributed by atoms with E-state index in [1.165, 1.54) is 0 Å². The first-order valence-electron chi connectivity index (χ1n) is 13.7. The molecule has 4 aromatic rings. The Morgan fingerprint density at radius 1 is 0.780 bits per heavy atom. The van der Waals surface area contributed by atoms with Gasteiger partial charge in [-0.3, -0.25) is 14.5 Å². The highest BCUT2D eigenvalue weighted by Gasteiger charge is 2.46. The van der Waals surface area contributed by atoms with Gasteiger partial charge in [0.15, 0.2) is 0 Å². The number of benzene rings is 3. The Balaban J connectivity index is 1.41. The molecule has 2 atom stereocenters. The van der Waals surface area contributed by atoms with Crippen LogP contribution in [0.25, 0.3) is 0 Å². The number of piperazine rings is 1. The maximum absolute atomic E-state index is 14.6. The average molecular weight is 549 g/mol. The van der Waals surface area contributed by atoms with E-state index in [4.69, 9.17) is 9.47 Å². The molecule has 41 heavy (non-hydrogen) atoms. The maximum Gasteiger partial charge on any atom is 0.259 e. The van der Waals surface area contributed by atoms with Crippen molar-refractivity contribution in [2.75, 3.05) is 50.2 Å². The molecule has 1 aromatic heterocycles. The van der Waals surface area contributed by atoms with Crippen molar-refractivity contribution in [2.45, 2.75) is 12.0 Å². The van der Waals surface area contributed by atoms with Crippen molar-refractivity contribution in [3.05, 3.63) is 114 Å². The lowest BCUT2D eigenvalue weighted by molar-refractivity contribution is -0.133. The molecular weight excluding hydrogens is 516 g/mol. The fraction of sp³-hybridized carbons (Fsp3) is 0.242. The van der Waals surface area contributed by atoms with Gasteiger partial charge in [0.1, 0.15) is 17.3 Å². The Morgan fingerprint density at radius 2 is 1.41 bits per heavy atom. The number of amides is 2. The topological polar surface area (TPSA) is 75.2 Å². The minimum absolute atomic E-state index is 0.00458. The predicted octanol–water partition coefficient (Wildman–Crippen LogP) is 4.93. The Hall–Kier alpha value is -4.85. The highest BCUT2D eigenvalue weighted by molar-refractivity contribution is 6.11. The van der Waals surface area contributed by atoms with Gasteiger partial charge in [-0.1, -0.05) is 36.4 Å². The van der Waals surface area contributed by atoms with Crippen molar-refractivity contribution in [2.24, 2.45) is 0 Å². The Morgan fingerprint density at radius 3 is 2.05 bits per heavy atom. The summed E-state index contributed by atoms with van der Waals surface area (Å²) in [5.41, 5.74) is 2.85. The zero-order chi connectivity index (χ0) is 28.3. The number of methoxy groups -OCH3 is 2. The SMILES string of the molecule is COc1ccc(C2C(C(=O)N3CCN(c4ccccn4)CC3)c3ccccc3C(=O)N2c2ccc(OC)cc2)cc1. The number of hydrogen-bond donors (Lipinski definition) is 0. The van der Waals surface area contributed by atoms with Crippen LogP contribution in [0.15, 0.2) is 97.2 Å². The number of ether oxygens (including phenoxy) is 2. The summed E-state index contributed by atoms with van der Waals surface area (Å²) in [6.45, 7) is 2.51. The molecule has 0 saturated carbocycles. The minimum atomic E-state index is -0.596. The van der Waals surface area contributed by atoms with Crippen molar-refractivity contribution >= 4 is 23.3 Å². The fourth-order valence-electron chi connectivity index (χ4n) is 5.86. The first kappa shape index (κ1) is 26.4. The molecule has 1 fully saturated rings. The van der Waals surface area contributed by atoms with E-state index < -0.39 is 12.0 Å². The lowest BCUT2D eigenvalue weighted by atomic mass is 9.78. The molecule has 3 aromatic carbocycles. The van der Waals surface area contributed by atoms with Crippen molar-refractivity contribution in [1.82, 2.24) is 9.88 Å². The van der Waals surface area contributed by atoms with Gasteiger partial charge in [0, 0.05) is 43.6 Å². The largest absolute Gasteiger partial charge is 0.497 e. The Kier molecular flexibility index (Phi) is 7.29. The van der Waals surface area contributed by atoms with Crippen molar-refractivity contribution in [3.8, 4) is 11.5 Å². The van der Waals surface area contributed by atoms with Gasteiger partial charge < -0.3 is 19.3 Å². The minimum Gasteiger partial charge on any atom is -0.497 e. The van der Waals surface area contributed by atoms with Crippen LogP contribution in [-0.4, -0.2) is 62.1 Å². The number of pyridine rings is 1. The molecule has 0 spiro atoms. The van der Waals surface area contributed by atoms with Crippen LogP contribution in [0.2, 0.25) is 0 Å². The van der Waals surface area contributed by atoms with Gasteiger partial charge in [-0.25, -0.2) is 4.98 Å². The normalized spacial score (nSPS) is 18.6. The zero-order valence-corrected chi connectivity index (χ0v) is 23.1. The fourth-order valence-corrected chi connectivity index (χ4v) is 5.86. The second-order valence-corrected chi connectivity index (χ2v) is 10.2. The van der Waals surface area contributed by atoms with Crippen LogP contribution in [-0.2, 0) is 4.79 Å². The second kappa shape index (κ2) is 11.3. The summed E-state index contributed by atoms with van der Waals surface area (Å²) in [7, 11) is 3.23. The monoisotopic (exact) mass is 548 g/mol. The van der Waals surface area contributed by atoms with Gasteiger partial charge >= 0.3 is 0 Å². The van der Waals surface area contributed by atoms with Crippen LogP contribution in [0.5, 0.6) is 11.5 Å². The summed E-state index contributed by atoms with van der Waals surface area (Å²) in [6, 6.07) is 27.9. The molecule has 3 heterocycles. The van der Waals surface area contributed by atoms with Gasteiger partial charge in [0.25, 0.3) is 5.91 Å². The first-order chi connectivity index (χ1) is 20.1. The van der Waals surface area contributed by atoms with Gasteiger partial charge in [-0.05, 0) is 65.7 Å². The zero-order valence-electron chi connectivity index (χ0n) is 23.1. The van der Waals surface area contributed by atoms with Gasteiger partial charge in [0.05, 0.1) is 26.2 Å². The van der Waals surface area contributed by atoms with Crippen LogP contribution < -0.4 is 19.3 Å². The summed E-state index contributed by atoms with van der Waals surface area (Å²) in [5, 5.41) is 0. The summed E-state index contributed by atoms with van der Waals surface area (Å²) in [5.74, 6) is 1.58. The van der Waals surface area contributed by atoms with Crippen molar-refractivity contribution in [1.29, 1.82) is 0 Å². The number of aromatic nitrogens is 1. The highest BCUT2D eigenvalue weighted by Crippen LogP contribution is 2.46. The first-order valence-corrected chi connectivity index (χ1v) is 13.7. The number of carbonyl (C=O) groups excluding carboxylic acids is 2. The number of nitrogens with zero attached hydrogens (tertiary/aromatic N) is 4. The molecule has 2 aliphatic rings. The second-order valence-electron chi connectivity index (χ2n) is 10.2. The van der Waals surface area contributed by atoms with E-state index in [1.807, 2.05) is 95.9 Å². The van der Waals surface area contributed by atoms with Crippen molar-refractivity contribution in [3.63, 3.8) is 0 Å². The molecule has 1 saturated heterocycles. The lowest BCUT2D eigenvalue weighted by Gasteiger charge is -2.44. The third-order valence-corrected chi connectivity index (χ3v) is 7.98. The van der Waals surface area contributed by atoms with E-state index in [9.17, 15) is 9.59 Å². The predicted molar refractivity (Wildman–Crippen MR) is 158 cm³/mol. The summed E-state index contributed by atoms with van der Waals surface area (Å²) >= 11 is 0. The molecule has 2 aliphatic heterocycles. The molecule has 0 bridgehead atoms. The molecule has 0 aliphatic carbocycles. The molecular formula is C33H32N4O4. The van der Waals surface area contributed by atoms with E-state index in [-0.39, 0.29) is 11.8 Å². The third-order valence-electron chi connectivity index (χ3n) is 7.98. The molecule has 8 heteroatoms. The molecule has 8 nitrogen and oxygen atoms in total. The van der Waals surface area contributed by atoms with Crippen molar-refractivity contribution < 1.29 is 19.1 Å². The van der Waals surface area contributed by atoms with Gasteiger partial charge in [-0.15, -0.1) is 0 Å². The van der Waals surface area contributed by atoms with Crippen LogP contribution in [0.3, 0.4) is 0 Å². The van der Waals surface area contributed by atoms with E-state index in [1.54, 1.807) is 25.3 Å². The van der Waals surface area contributed by atoms with Gasteiger partial charge in [0.2, 0.25) is 5.91 Å². The molecule has 0 radical (unpaired) electrons. The molecule has 2 unspecified atom stereocenters. The third kappa shape index (κ3) is 4.97. The number of rotatable bonds is 6. The average Bonchev–Trinajstić information content (AvgIpc) is 3.05. The number of fused-ring (bicyclic) bond motifs is 1. The molecule has 208 valence electrons. The quantitative estimate of drug-likeness (QED) is 0.340. The summed E-state index contributed by atoms with van der Waals surface area (Å²) < 4.78 is 10.8. The van der Waals surface area contributed by atoms with E-state index >= 15 is 0 Å². The maximum atomic E-state index is 14.6. The van der Waals surface area contributed by atoms with Crippen LogP contribution >= 0.6 is 0 Å². The number of carbonyl (C=O) groups is 2. The van der Waals surface area contributed by atoms with E-state index in [0.717, 1.165) is 16.9 Å². The standard InChI is InChI=1S/C33H32N4O4/c1-40-25-14-10-23(11-15-25)31-30(33(39)36-21-19-35(20-22-36)29-9-5-6-18-34-29)27-7-3-4-8-28(27)32(38)37(31)24-12-16-26(41-2)17-13-24/h3-18,30-31H,19-22H2,1-2H3. The Bertz CT molecular complexity index is 1520. The molecule has 6 rings (SSSR count). The van der Waals surface area contributed by atoms with E-state index in [2.05, 4.69) is 9.88 Å². The van der Waals surface area contributed by atoms with E-state index in [0.29, 0.717) is 48.9 Å². The number of anilines is 2. The summed E-state index contributed by atoms with van der Waals surface area (Å²) in [6.07, 6.45) is 1.79. The smallest absolute Gasteiger partial charge is 0.259 e. The molecule has 0 N–H and O–H groups in total. The summed E-state index contributed by atoms with van der Waals surface area (Å²) in [4.78, 5) is 39.1. The molecule has 2 amide bonds. The number of hydrogen-bond acceptors (Lipinski definition) is 6. The van der Waals surface area contributed by atoms with Crippen LogP contribution in [0, 0.1) is 0 Å². The van der Waals surface area contributed by atoms with Gasteiger partial charge in [-0.2, -0.15) is 0 Å².